The number of hydrogen-bond acceptors (Lipinski definition) is 1. The lowest BCUT2D eigenvalue weighted by molar-refractivity contribution is 0.181. The smallest absolute Gasteiger partial charge is 0.123 e. The first-order valence-corrected chi connectivity index (χ1v) is 4.55. The molecular formula is C12H13FO. The molecule has 1 nitrogen and oxygen atoms in total. The lowest BCUT2D eigenvalue weighted by Gasteiger charge is -2.05. The van der Waals surface area contributed by atoms with E-state index in [4.69, 9.17) is 0 Å². The van der Waals surface area contributed by atoms with Crippen molar-refractivity contribution < 1.29 is 9.50 Å². The van der Waals surface area contributed by atoms with E-state index in [1.54, 1.807) is 12.1 Å². The number of aliphatic hydroxyl groups excluding tert-OH is 1. The summed E-state index contributed by atoms with van der Waals surface area (Å²) in [5.74, 6) is 5.32. The molecule has 0 unspecified atom stereocenters. The predicted octanol–water partition coefficient (Wildman–Crippen LogP) is 2.19. The van der Waals surface area contributed by atoms with Gasteiger partial charge < -0.3 is 5.11 Å². The van der Waals surface area contributed by atoms with Gasteiger partial charge in [-0.3, -0.25) is 0 Å². The van der Waals surface area contributed by atoms with Gasteiger partial charge in [0, 0.05) is 5.56 Å². The lowest BCUT2D eigenvalue weighted by Crippen LogP contribution is -2.11. The van der Waals surface area contributed by atoms with Gasteiger partial charge in [-0.2, -0.15) is 0 Å². The summed E-state index contributed by atoms with van der Waals surface area (Å²) in [5, 5.41) is 9.39. The van der Waals surface area contributed by atoms with Gasteiger partial charge in [-0.1, -0.05) is 25.7 Å². The van der Waals surface area contributed by atoms with Crippen molar-refractivity contribution >= 4 is 0 Å². The second-order valence-corrected chi connectivity index (χ2v) is 3.47. The molecule has 74 valence electrons. The standard InChI is InChI=1S/C12H13FO/c1-9(2)12(14)8-5-10-3-6-11(13)7-4-10/h3-4,6-7,9,12,14H,1-2H3/t12-/m0/s1. The fourth-order valence-electron chi connectivity index (χ4n) is 0.857. The zero-order valence-corrected chi connectivity index (χ0v) is 8.29. The van der Waals surface area contributed by atoms with Crippen LogP contribution >= 0.6 is 0 Å². The molecule has 0 amide bonds. The summed E-state index contributed by atoms with van der Waals surface area (Å²) in [7, 11) is 0. The summed E-state index contributed by atoms with van der Waals surface area (Å²) < 4.78 is 12.5. The largest absolute Gasteiger partial charge is 0.380 e. The Balaban J connectivity index is 2.73. The molecule has 0 aliphatic heterocycles. The van der Waals surface area contributed by atoms with Crippen molar-refractivity contribution in [3.8, 4) is 11.8 Å². The molecule has 0 fully saturated rings. The molecule has 0 heterocycles. The number of benzene rings is 1. The van der Waals surface area contributed by atoms with Gasteiger partial charge in [0.1, 0.15) is 11.9 Å². The van der Waals surface area contributed by atoms with Crippen LogP contribution in [-0.2, 0) is 0 Å². The molecule has 1 rings (SSSR count). The van der Waals surface area contributed by atoms with Crippen molar-refractivity contribution in [2.24, 2.45) is 5.92 Å². The van der Waals surface area contributed by atoms with Crippen molar-refractivity contribution in [2.45, 2.75) is 20.0 Å². The topological polar surface area (TPSA) is 20.2 Å². The van der Waals surface area contributed by atoms with Crippen LogP contribution in [0.5, 0.6) is 0 Å². The minimum Gasteiger partial charge on any atom is -0.380 e. The van der Waals surface area contributed by atoms with E-state index in [0.29, 0.717) is 5.56 Å². The molecule has 0 aliphatic carbocycles. The maximum atomic E-state index is 12.5. The number of halogens is 1. The summed E-state index contributed by atoms with van der Waals surface area (Å²) in [4.78, 5) is 0. The Hall–Kier alpha value is -1.33. The van der Waals surface area contributed by atoms with E-state index >= 15 is 0 Å². The van der Waals surface area contributed by atoms with Gasteiger partial charge in [-0.25, -0.2) is 4.39 Å². The highest BCUT2D eigenvalue weighted by atomic mass is 19.1. The average molecular weight is 192 g/mol. The Morgan fingerprint density at radius 2 is 1.79 bits per heavy atom. The summed E-state index contributed by atoms with van der Waals surface area (Å²) in [5.41, 5.74) is 0.714. The van der Waals surface area contributed by atoms with Crippen LogP contribution in [0.15, 0.2) is 24.3 Å². The minimum atomic E-state index is -0.625. The molecule has 0 aromatic heterocycles. The van der Waals surface area contributed by atoms with E-state index in [0.717, 1.165) is 0 Å². The van der Waals surface area contributed by atoms with Gasteiger partial charge >= 0.3 is 0 Å². The van der Waals surface area contributed by atoms with Gasteiger partial charge in [0.25, 0.3) is 0 Å². The van der Waals surface area contributed by atoms with Crippen LogP contribution in [0.2, 0.25) is 0 Å². The number of aliphatic hydroxyl groups is 1. The monoisotopic (exact) mass is 192 g/mol. The fraction of sp³-hybridized carbons (Fsp3) is 0.333. The van der Waals surface area contributed by atoms with Crippen molar-refractivity contribution in [1.29, 1.82) is 0 Å². The highest BCUT2D eigenvalue weighted by molar-refractivity contribution is 5.34. The molecule has 0 saturated carbocycles. The third-order valence-electron chi connectivity index (χ3n) is 1.84. The van der Waals surface area contributed by atoms with Crippen LogP contribution in [0.3, 0.4) is 0 Å². The second-order valence-electron chi connectivity index (χ2n) is 3.47. The van der Waals surface area contributed by atoms with Gasteiger partial charge in [0.2, 0.25) is 0 Å². The molecule has 1 atom stereocenters. The first-order chi connectivity index (χ1) is 6.59. The molecule has 1 aromatic carbocycles. The quantitative estimate of drug-likeness (QED) is 0.676. The van der Waals surface area contributed by atoms with E-state index in [9.17, 15) is 9.50 Å². The van der Waals surface area contributed by atoms with E-state index in [1.807, 2.05) is 13.8 Å². The van der Waals surface area contributed by atoms with Crippen molar-refractivity contribution in [3.05, 3.63) is 35.6 Å². The van der Waals surface area contributed by atoms with Crippen LogP contribution < -0.4 is 0 Å². The Morgan fingerprint density at radius 3 is 2.29 bits per heavy atom. The molecule has 1 aromatic rings. The van der Waals surface area contributed by atoms with Crippen molar-refractivity contribution in [3.63, 3.8) is 0 Å². The normalized spacial score (nSPS) is 12.1. The van der Waals surface area contributed by atoms with Crippen LogP contribution in [0.25, 0.3) is 0 Å². The SMILES string of the molecule is CC(C)[C@@H](O)C#Cc1ccc(F)cc1. The summed E-state index contributed by atoms with van der Waals surface area (Å²) in [6, 6.07) is 5.89. The third kappa shape index (κ3) is 3.20. The maximum Gasteiger partial charge on any atom is 0.123 e. The van der Waals surface area contributed by atoms with Crippen LogP contribution in [0.4, 0.5) is 4.39 Å². The molecule has 0 saturated heterocycles. The minimum absolute atomic E-state index is 0.114. The van der Waals surface area contributed by atoms with Gasteiger partial charge in [-0.05, 0) is 30.2 Å². The molecule has 14 heavy (non-hydrogen) atoms. The lowest BCUT2D eigenvalue weighted by atomic mass is 10.1. The predicted molar refractivity (Wildman–Crippen MR) is 54.1 cm³/mol. The first kappa shape index (κ1) is 10.7. The van der Waals surface area contributed by atoms with E-state index in [1.165, 1.54) is 12.1 Å². The second kappa shape index (κ2) is 4.78. The highest BCUT2D eigenvalue weighted by Gasteiger charge is 2.03. The molecule has 0 aliphatic rings. The fourth-order valence-corrected chi connectivity index (χ4v) is 0.857. The van der Waals surface area contributed by atoms with Gasteiger partial charge in [0.15, 0.2) is 0 Å². The average Bonchev–Trinajstić information content (AvgIpc) is 2.16. The molecule has 0 spiro atoms. The van der Waals surface area contributed by atoms with Crippen molar-refractivity contribution in [2.75, 3.05) is 0 Å². The zero-order valence-electron chi connectivity index (χ0n) is 8.29. The van der Waals surface area contributed by atoms with Crippen LogP contribution in [0, 0.1) is 23.6 Å². The molecular weight excluding hydrogens is 179 g/mol. The first-order valence-electron chi connectivity index (χ1n) is 4.55. The number of rotatable bonds is 1. The summed E-state index contributed by atoms with van der Waals surface area (Å²) in [6.45, 7) is 3.79. The summed E-state index contributed by atoms with van der Waals surface area (Å²) in [6.07, 6.45) is -0.625. The zero-order chi connectivity index (χ0) is 10.6. The Kier molecular flexibility index (Phi) is 3.67. The Labute approximate surface area is 83.6 Å². The van der Waals surface area contributed by atoms with E-state index in [2.05, 4.69) is 11.8 Å². The molecule has 0 bridgehead atoms. The van der Waals surface area contributed by atoms with Crippen LogP contribution in [0.1, 0.15) is 19.4 Å². The Bertz CT molecular complexity index is 343. The number of hydrogen-bond donors (Lipinski definition) is 1. The molecule has 1 N–H and O–H groups in total. The van der Waals surface area contributed by atoms with Gasteiger partial charge in [-0.15, -0.1) is 0 Å². The summed E-state index contributed by atoms with van der Waals surface area (Å²) >= 11 is 0. The van der Waals surface area contributed by atoms with Crippen LogP contribution in [-0.4, -0.2) is 11.2 Å². The molecule has 0 radical (unpaired) electrons. The third-order valence-corrected chi connectivity index (χ3v) is 1.84. The van der Waals surface area contributed by atoms with Gasteiger partial charge in [0.05, 0.1) is 0 Å². The maximum absolute atomic E-state index is 12.5. The van der Waals surface area contributed by atoms with Crippen molar-refractivity contribution in [1.82, 2.24) is 0 Å². The molecule has 2 heteroatoms. The Morgan fingerprint density at radius 1 is 1.21 bits per heavy atom. The van der Waals surface area contributed by atoms with E-state index < -0.39 is 6.10 Å². The highest BCUT2D eigenvalue weighted by Crippen LogP contribution is 2.02. The van der Waals surface area contributed by atoms with E-state index in [-0.39, 0.29) is 11.7 Å².